The molecule has 1 atom stereocenters. The highest BCUT2D eigenvalue weighted by Crippen LogP contribution is 2.28. The maximum atomic E-state index is 12.8. The Balaban J connectivity index is 2.57. The van der Waals surface area contributed by atoms with Gasteiger partial charge in [0, 0.05) is 6.54 Å². The van der Waals surface area contributed by atoms with E-state index in [1.165, 1.54) is 6.08 Å². The van der Waals surface area contributed by atoms with Crippen molar-refractivity contribution >= 4 is 15.8 Å². The van der Waals surface area contributed by atoms with Gasteiger partial charge in [-0.2, -0.15) is 0 Å². The van der Waals surface area contributed by atoms with Crippen molar-refractivity contribution in [3.8, 4) is 0 Å². The van der Waals surface area contributed by atoms with Gasteiger partial charge in [0.05, 0.1) is 4.90 Å². The van der Waals surface area contributed by atoms with Gasteiger partial charge in [-0.1, -0.05) is 6.08 Å². The number of benzene rings is 1. The van der Waals surface area contributed by atoms with Gasteiger partial charge in [-0.15, -0.1) is 0 Å². The SMILES string of the molecule is O=C(O)[C@@]1(S(=O)(=O)c2ccc(F)cc2)C=CCN1. The smallest absolute Gasteiger partial charge is 0.344 e. The number of hydrogen-bond donors (Lipinski definition) is 2. The van der Waals surface area contributed by atoms with Gasteiger partial charge in [-0.25, -0.2) is 17.6 Å². The van der Waals surface area contributed by atoms with Gasteiger partial charge in [-0.05, 0) is 30.3 Å². The zero-order valence-corrected chi connectivity index (χ0v) is 9.95. The molecule has 2 N–H and O–H groups in total. The number of nitrogens with one attached hydrogen (secondary N) is 1. The molecule has 0 fully saturated rings. The Morgan fingerprint density at radius 2 is 1.94 bits per heavy atom. The maximum absolute atomic E-state index is 12.8. The molecule has 0 bridgehead atoms. The lowest BCUT2D eigenvalue weighted by Crippen LogP contribution is -2.53. The summed E-state index contributed by atoms with van der Waals surface area (Å²) in [6, 6.07) is 4.04. The fourth-order valence-electron chi connectivity index (χ4n) is 1.74. The van der Waals surface area contributed by atoms with Crippen LogP contribution in [0, 0.1) is 5.82 Å². The molecule has 0 saturated heterocycles. The number of halogens is 1. The molecule has 18 heavy (non-hydrogen) atoms. The zero-order chi connectivity index (χ0) is 13.4. The molecule has 96 valence electrons. The molecule has 0 saturated carbocycles. The minimum atomic E-state index is -4.18. The molecular formula is C11H10FNO4S. The summed E-state index contributed by atoms with van der Waals surface area (Å²) in [5.74, 6) is -2.10. The maximum Gasteiger partial charge on any atom is 0.344 e. The number of carboxylic acid groups (broad SMARTS) is 1. The van der Waals surface area contributed by atoms with E-state index >= 15 is 0 Å². The molecule has 7 heteroatoms. The van der Waals surface area contributed by atoms with Gasteiger partial charge < -0.3 is 5.11 Å². The second-order valence-corrected chi connectivity index (χ2v) is 5.90. The van der Waals surface area contributed by atoms with Crippen molar-refractivity contribution in [1.82, 2.24) is 5.32 Å². The molecule has 1 aromatic rings. The summed E-state index contributed by atoms with van der Waals surface area (Å²) >= 11 is 0. The highest BCUT2D eigenvalue weighted by molar-refractivity contribution is 7.93. The molecule has 5 nitrogen and oxygen atoms in total. The number of carbonyl (C=O) groups is 1. The fourth-order valence-corrected chi connectivity index (χ4v) is 3.39. The molecule has 1 aromatic carbocycles. The van der Waals surface area contributed by atoms with Crippen molar-refractivity contribution < 1.29 is 22.7 Å². The Bertz CT molecular complexity index is 608. The summed E-state index contributed by atoms with van der Waals surface area (Å²) in [6.07, 6.45) is 2.52. The average molecular weight is 271 g/mol. The third-order valence-electron chi connectivity index (χ3n) is 2.70. The highest BCUT2D eigenvalue weighted by atomic mass is 32.2. The standard InChI is InChI=1S/C11H10FNO4S/c12-8-2-4-9(5-3-8)18(16,17)11(10(14)15)6-1-7-13-11/h1-6,13H,7H2,(H,14,15)/t11-/m0/s1. The fraction of sp³-hybridized carbons (Fsp3) is 0.182. The lowest BCUT2D eigenvalue weighted by atomic mass is 10.3. The van der Waals surface area contributed by atoms with Gasteiger partial charge >= 0.3 is 5.97 Å². The van der Waals surface area contributed by atoms with Gasteiger partial charge in [-0.3, -0.25) is 5.32 Å². The topological polar surface area (TPSA) is 83.5 Å². The van der Waals surface area contributed by atoms with E-state index < -0.39 is 26.5 Å². The predicted octanol–water partition coefficient (Wildman–Crippen LogP) is 0.540. The molecule has 1 aliphatic rings. The Kier molecular flexibility index (Phi) is 2.95. The third-order valence-corrected chi connectivity index (χ3v) is 4.90. The van der Waals surface area contributed by atoms with E-state index in [2.05, 4.69) is 5.32 Å². The van der Waals surface area contributed by atoms with Gasteiger partial charge in [0.25, 0.3) is 0 Å². The molecule has 2 rings (SSSR count). The van der Waals surface area contributed by atoms with Crippen molar-refractivity contribution in [3.63, 3.8) is 0 Å². The van der Waals surface area contributed by atoms with E-state index in [0.717, 1.165) is 30.3 Å². The summed E-state index contributed by atoms with van der Waals surface area (Å²) in [4.78, 5) is 8.82. The van der Waals surface area contributed by atoms with Crippen LogP contribution in [0.15, 0.2) is 41.3 Å². The number of aliphatic carboxylic acids is 1. The number of sulfone groups is 1. The number of rotatable bonds is 3. The van der Waals surface area contributed by atoms with Crippen molar-refractivity contribution in [3.05, 3.63) is 42.2 Å². The van der Waals surface area contributed by atoms with Crippen LogP contribution in [0.25, 0.3) is 0 Å². The minimum Gasteiger partial charge on any atom is -0.479 e. The molecule has 1 heterocycles. The van der Waals surface area contributed by atoms with Crippen LogP contribution in [0.5, 0.6) is 0 Å². The van der Waals surface area contributed by atoms with Gasteiger partial charge in [0.15, 0.2) is 0 Å². The van der Waals surface area contributed by atoms with Crippen LogP contribution in [-0.2, 0) is 14.6 Å². The molecular weight excluding hydrogens is 261 g/mol. The Morgan fingerprint density at radius 1 is 1.33 bits per heavy atom. The van der Waals surface area contributed by atoms with E-state index in [-0.39, 0.29) is 11.4 Å². The zero-order valence-electron chi connectivity index (χ0n) is 9.13. The highest BCUT2D eigenvalue weighted by Gasteiger charge is 2.51. The normalized spacial score (nSPS) is 23.2. The van der Waals surface area contributed by atoms with E-state index in [1.54, 1.807) is 0 Å². The molecule has 0 radical (unpaired) electrons. The van der Waals surface area contributed by atoms with Crippen molar-refractivity contribution in [2.75, 3.05) is 6.54 Å². The summed E-state index contributed by atoms with van der Waals surface area (Å²) in [5, 5.41) is 11.6. The summed E-state index contributed by atoms with van der Waals surface area (Å²) in [5.41, 5.74) is 0. The quantitative estimate of drug-likeness (QED) is 0.619. The molecule has 1 aliphatic heterocycles. The van der Waals surface area contributed by atoms with E-state index in [4.69, 9.17) is 5.11 Å². The van der Waals surface area contributed by atoms with Crippen LogP contribution in [0.2, 0.25) is 0 Å². The van der Waals surface area contributed by atoms with E-state index in [1.807, 2.05) is 0 Å². The lowest BCUT2D eigenvalue weighted by molar-refractivity contribution is -0.139. The second kappa shape index (κ2) is 4.18. The van der Waals surface area contributed by atoms with Crippen LogP contribution in [0.1, 0.15) is 0 Å². The second-order valence-electron chi connectivity index (χ2n) is 3.78. The summed E-state index contributed by atoms with van der Waals surface area (Å²) in [7, 11) is -4.18. The van der Waals surface area contributed by atoms with Crippen LogP contribution in [0.4, 0.5) is 4.39 Å². The van der Waals surface area contributed by atoms with Gasteiger partial charge in [0.2, 0.25) is 14.7 Å². The largest absolute Gasteiger partial charge is 0.479 e. The first kappa shape index (κ1) is 12.7. The van der Waals surface area contributed by atoms with Gasteiger partial charge in [0.1, 0.15) is 5.82 Å². The third kappa shape index (κ3) is 1.72. The first-order chi connectivity index (χ1) is 8.40. The van der Waals surface area contributed by atoms with E-state index in [0.29, 0.717) is 0 Å². The lowest BCUT2D eigenvalue weighted by Gasteiger charge is -2.23. The minimum absolute atomic E-state index is 0.146. The van der Waals surface area contributed by atoms with Crippen LogP contribution in [0.3, 0.4) is 0 Å². The Labute approximate surface area is 103 Å². The first-order valence-corrected chi connectivity index (χ1v) is 6.55. The van der Waals surface area contributed by atoms with Crippen molar-refractivity contribution in [2.45, 2.75) is 9.77 Å². The van der Waals surface area contributed by atoms with Crippen LogP contribution < -0.4 is 5.32 Å². The molecule has 0 unspecified atom stereocenters. The first-order valence-electron chi connectivity index (χ1n) is 5.06. The average Bonchev–Trinajstić information content (AvgIpc) is 2.80. The van der Waals surface area contributed by atoms with Crippen LogP contribution >= 0.6 is 0 Å². The number of hydrogen-bond acceptors (Lipinski definition) is 4. The number of carboxylic acids is 1. The Hall–Kier alpha value is -1.73. The monoisotopic (exact) mass is 271 g/mol. The van der Waals surface area contributed by atoms with Crippen molar-refractivity contribution in [2.24, 2.45) is 0 Å². The summed E-state index contributed by atoms with van der Waals surface area (Å²) < 4.78 is 37.3. The van der Waals surface area contributed by atoms with E-state index in [9.17, 15) is 17.6 Å². The molecule has 0 aromatic heterocycles. The molecule has 0 amide bonds. The summed E-state index contributed by atoms with van der Waals surface area (Å²) in [6.45, 7) is 0.146. The predicted molar refractivity (Wildman–Crippen MR) is 61.1 cm³/mol. The molecule has 0 aliphatic carbocycles. The van der Waals surface area contributed by atoms with Crippen molar-refractivity contribution in [1.29, 1.82) is 0 Å². The molecule has 0 spiro atoms. The Morgan fingerprint density at radius 3 is 2.39 bits per heavy atom. The van der Waals surface area contributed by atoms with Crippen LogP contribution in [-0.4, -0.2) is 30.9 Å².